The number of rotatable bonds is 1. The molecule has 2 unspecified atom stereocenters. The van der Waals surface area contributed by atoms with Crippen molar-refractivity contribution in [2.75, 3.05) is 6.61 Å². The number of fused-ring (bicyclic) bond motifs is 1. The van der Waals surface area contributed by atoms with Gasteiger partial charge in [0.2, 0.25) is 0 Å². The number of carbonyl (C=O) groups is 1. The predicted molar refractivity (Wildman–Crippen MR) is 69.8 cm³/mol. The third-order valence-corrected chi connectivity index (χ3v) is 3.79. The molecule has 0 amide bonds. The first-order valence-corrected chi connectivity index (χ1v) is 6.76. The van der Waals surface area contributed by atoms with Crippen LogP contribution in [0.15, 0.2) is 18.2 Å². The Balaban J connectivity index is 1.94. The van der Waals surface area contributed by atoms with Crippen molar-refractivity contribution in [2.45, 2.75) is 44.7 Å². The van der Waals surface area contributed by atoms with Crippen molar-refractivity contribution < 1.29 is 9.53 Å². The highest BCUT2D eigenvalue weighted by molar-refractivity contribution is 5.81. The molecule has 2 heterocycles. The van der Waals surface area contributed by atoms with Crippen molar-refractivity contribution >= 4 is 5.78 Å². The Kier molecular flexibility index (Phi) is 3.08. The van der Waals surface area contributed by atoms with Gasteiger partial charge in [-0.15, -0.1) is 0 Å². The van der Waals surface area contributed by atoms with Gasteiger partial charge in [0.25, 0.3) is 0 Å². The van der Waals surface area contributed by atoms with Gasteiger partial charge < -0.3 is 10.1 Å². The molecular weight excluding hydrogens is 226 g/mol. The Hall–Kier alpha value is -1.35. The zero-order valence-electron chi connectivity index (χ0n) is 10.7. The molecule has 18 heavy (non-hydrogen) atoms. The van der Waals surface area contributed by atoms with Crippen molar-refractivity contribution in [1.29, 1.82) is 0 Å². The number of Topliss-reactive ketones (excluding diaryl/α,β-unsaturated/α-hetero) is 1. The molecule has 1 aromatic rings. The third kappa shape index (κ3) is 2.15. The summed E-state index contributed by atoms with van der Waals surface area (Å²) in [6, 6.07) is 6.68. The molecule has 3 rings (SSSR count). The largest absolute Gasteiger partial charge is 0.493 e. The van der Waals surface area contributed by atoms with Crippen LogP contribution in [0.2, 0.25) is 0 Å². The van der Waals surface area contributed by atoms with Crippen LogP contribution in [0.5, 0.6) is 5.75 Å². The number of ketones is 1. The maximum Gasteiger partial charge on any atom is 0.136 e. The quantitative estimate of drug-likeness (QED) is 0.825. The number of piperidine rings is 1. The molecule has 0 spiro atoms. The zero-order chi connectivity index (χ0) is 12.5. The Labute approximate surface area is 108 Å². The SMILES string of the molecule is CC1CC(=O)CC(c2cccc3c2OCCC3)N1. The average molecular weight is 245 g/mol. The summed E-state index contributed by atoms with van der Waals surface area (Å²) in [5, 5.41) is 3.51. The fourth-order valence-corrected chi connectivity index (χ4v) is 3.00. The van der Waals surface area contributed by atoms with Crippen molar-refractivity contribution in [2.24, 2.45) is 0 Å². The monoisotopic (exact) mass is 245 g/mol. The molecule has 0 aromatic heterocycles. The Morgan fingerprint density at radius 2 is 2.22 bits per heavy atom. The van der Waals surface area contributed by atoms with Gasteiger partial charge in [-0.3, -0.25) is 4.79 Å². The van der Waals surface area contributed by atoms with Gasteiger partial charge in [-0.2, -0.15) is 0 Å². The van der Waals surface area contributed by atoms with E-state index in [-0.39, 0.29) is 12.1 Å². The van der Waals surface area contributed by atoms with Gasteiger partial charge in [0, 0.05) is 30.5 Å². The Morgan fingerprint density at radius 1 is 1.33 bits per heavy atom. The third-order valence-electron chi connectivity index (χ3n) is 3.79. The average Bonchev–Trinajstić information content (AvgIpc) is 2.37. The van der Waals surface area contributed by atoms with Crippen LogP contribution in [0.1, 0.15) is 43.4 Å². The van der Waals surface area contributed by atoms with E-state index in [9.17, 15) is 4.79 Å². The normalized spacial score (nSPS) is 27.5. The van der Waals surface area contributed by atoms with Gasteiger partial charge in [-0.05, 0) is 25.3 Å². The molecule has 2 aliphatic rings. The van der Waals surface area contributed by atoms with Gasteiger partial charge in [0.05, 0.1) is 6.61 Å². The standard InChI is InChI=1S/C15H19NO2/c1-10-8-12(17)9-14(16-10)13-6-2-4-11-5-3-7-18-15(11)13/h2,4,6,10,14,16H,3,5,7-9H2,1H3. The first-order chi connectivity index (χ1) is 8.74. The molecule has 1 saturated heterocycles. The minimum Gasteiger partial charge on any atom is -0.493 e. The number of para-hydroxylation sites is 1. The van der Waals surface area contributed by atoms with Gasteiger partial charge >= 0.3 is 0 Å². The first kappa shape index (κ1) is 11.7. The number of ether oxygens (including phenoxy) is 1. The Morgan fingerprint density at radius 3 is 3.06 bits per heavy atom. The molecule has 0 aliphatic carbocycles. The van der Waals surface area contributed by atoms with E-state index in [1.165, 1.54) is 5.56 Å². The van der Waals surface area contributed by atoms with Crippen LogP contribution in [-0.2, 0) is 11.2 Å². The van der Waals surface area contributed by atoms with Gasteiger partial charge in [0.1, 0.15) is 11.5 Å². The van der Waals surface area contributed by atoms with Crippen molar-refractivity contribution in [3.8, 4) is 5.75 Å². The topological polar surface area (TPSA) is 38.3 Å². The fraction of sp³-hybridized carbons (Fsp3) is 0.533. The molecular formula is C15H19NO2. The number of aryl methyl sites for hydroxylation is 1. The highest BCUT2D eigenvalue weighted by Crippen LogP contribution is 2.35. The number of hydrogen-bond acceptors (Lipinski definition) is 3. The molecule has 1 fully saturated rings. The minimum atomic E-state index is 0.120. The van der Waals surface area contributed by atoms with E-state index in [4.69, 9.17) is 4.74 Å². The lowest BCUT2D eigenvalue weighted by molar-refractivity contribution is -0.121. The number of carbonyl (C=O) groups excluding carboxylic acids is 1. The molecule has 1 N–H and O–H groups in total. The second-order valence-electron chi connectivity index (χ2n) is 5.35. The smallest absolute Gasteiger partial charge is 0.136 e. The van der Waals surface area contributed by atoms with Crippen LogP contribution >= 0.6 is 0 Å². The molecule has 2 aliphatic heterocycles. The first-order valence-electron chi connectivity index (χ1n) is 6.76. The molecule has 0 radical (unpaired) electrons. The lowest BCUT2D eigenvalue weighted by Crippen LogP contribution is -2.39. The van der Waals surface area contributed by atoms with E-state index in [0.29, 0.717) is 18.6 Å². The second kappa shape index (κ2) is 4.73. The molecule has 96 valence electrons. The fourth-order valence-electron chi connectivity index (χ4n) is 3.00. The summed E-state index contributed by atoms with van der Waals surface area (Å²) in [6.45, 7) is 2.86. The predicted octanol–water partition coefficient (Wildman–Crippen LogP) is 2.39. The lowest BCUT2D eigenvalue weighted by atomic mass is 9.90. The summed E-state index contributed by atoms with van der Waals surface area (Å²) in [5.74, 6) is 1.36. The van der Waals surface area contributed by atoms with Crippen molar-refractivity contribution in [1.82, 2.24) is 5.32 Å². The summed E-state index contributed by atoms with van der Waals surface area (Å²) in [6.07, 6.45) is 3.40. The van der Waals surface area contributed by atoms with Gasteiger partial charge in [-0.1, -0.05) is 18.2 Å². The van der Waals surface area contributed by atoms with Gasteiger partial charge in [-0.25, -0.2) is 0 Å². The van der Waals surface area contributed by atoms with Crippen molar-refractivity contribution in [3.63, 3.8) is 0 Å². The minimum absolute atomic E-state index is 0.120. The lowest BCUT2D eigenvalue weighted by Gasteiger charge is -2.31. The van der Waals surface area contributed by atoms with Crippen LogP contribution in [0.3, 0.4) is 0 Å². The van der Waals surface area contributed by atoms with E-state index in [1.807, 2.05) is 0 Å². The molecule has 1 aromatic carbocycles. The number of nitrogens with one attached hydrogen (secondary N) is 1. The van der Waals surface area contributed by atoms with E-state index < -0.39 is 0 Å². The highest BCUT2D eigenvalue weighted by Gasteiger charge is 2.28. The highest BCUT2D eigenvalue weighted by atomic mass is 16.5. The summed E-state index contributed by atoms with van der Waals surface area (Å²) < 4.78 is 5.83. The molecule has 3 heteroatoms. The second-order valence-corrected chi connectivity index (χ2v) is 5.35. The van der Waals surface area contributed by atoms with E-state index >= 15 is 0 Å². The molecule has 0 bridgehead atoms. The van der Waals surface area contributed by atoms with E-state index in [0.717, 1.165) is 30.8 Å². The molecule has 0 saturated carbocycles. The van der Waals surface area contributed by atoms with E-state index in [1.54, 1.807) is 0 Å². The zero-order valence-corrected chi connectivity index (χ0v) is 10.7. The number of benzene rings is 1. The van der Waals surface area contributed by atoms with Crippen LogP contribution in [0.4, 0.5) is 0 Å². The number of hydrogen-bond donors (Lipinski definition) is 1. The molecule has 2 atom stereocenters. The van der Waals surface area contributed by atoms with E-state index in [2.05, 4.69) is 30.4 Å². The maximum absolute atomic E-state index is 11.7. The summed E-state index contributed by atoms with van der Waals surface area (Å²) in [5.41, 5.74) is 2.44. The Bertz CT molecular complexity index is 470. The summed E-state index contributed by atoms with van der Waals surface area (Å²) in [7, 11) is 0. The molecule has 3 nitrogen and oxygen atoms in total. The maximum atomic E-state index is 11.7. The van der Waals surface area contributed by atoms with Crippen LogP contribution in [0.25, 0.3) is 0 Å². The van der Waals surface area contributed by atoms with Crippen LogP contribution in [-0.4, -0.2) is 18.4 Å². The summed E-state index contributed by atoms with van der Waals surface area (Å²) in [4.78, 5) is 11.7. The van der Waals surface area contributed by atoms with Gasteiger partial charge in [0.15, 0.2) is 0 Å². The summed E-state index contributed by atoms with van der Waals surface area (Å²) >= 11 is 0. The van der Waals surface area contributed by atoms with Crippen LogP contribution < -0.4 is 10.1 Å². The van der Waals surface area contributed by atoms with Crippen LogP contribution in [0, 0.1) is 0 Å². The van der Waals surface area contributed by atoms with Crippen molar-refractivity contribution in [3.05, 3.63) is 29.3 Å².